The molecule has 1 aliphatic rings. The molecule has 0 radical (unpaired) electrons. The summed E-state index contributed by atoms with van der Waals surface area (Å²) in [6.45, 7) is 2.55. The number of aromatic nitrogens is 1. The zero-order chi connectivity index (χ0) is 13.1. The Hall–Kier alpha value is -1.14. The number of nitrogens with zero attached hydrogens (tertiary/aromatic N) is 2. The fraction of sp³-hybridized carbons (Fsp3) is 0.545. The summed E-state index contributed by atoms with van der Waals surface area (Å²) in [7, 11) is 0. The minimum atomic E-state index is -0.414. The molecule has 18 heavy (non-hydrogen) atoms. The summed E-state index contributed by atoms with van der Waals surface area (Å²) in [5.41, 5.74) is 0. The van der Waals surface area contributed by atoms with Gasteiger partial charge in [0.2, 0.25) is 11.8 Å². The molecule has 1 N–H and O–H groups in total. The van der Waals surface area contributed by atoms with E-state index in [2.05, 4.69) is 10.3 Å². The van der Waals surface area contributed by atoms with Gasteiger partial charge in [0.25, 0.3) is 0 Å². The minimum Gasteiger partial charge on any atom is -0.331 e. The number of rotatable bonds is 4. The van der Waals surface area contributed by atoms with Crippen LogP contribution in [0.15, 0.2) is 6.20 Å². The van der Waals surface area contributed by atoms with E-state index in [1.807, 2.05) is 6.92 Å². The fourth-order valence-corrected chi connectivity index (χ4v) is 2.86. The number of nitrogens with one attached hydrogen (secondary N) is 1. The van der Waals surface area contributed by atoms with Crippen molar-refractivity contribution in [2.45, 2.75) is 32.2 Å². The van der Waals surface area contributed by atoms with Crippen molar-refractivity contribution in [3.63, 3.8) is 0 Å². The smallest absolute Gasteiger partial charge is 0.248 e. The summed E-state index contributed by atoms with van der Waals surface area (Å²) in [6, 6.07) is -0.414. The summed E-state index contributed by atoms with van der Waals surface area (Å²) in [5, 5.41) is 3.17. The predicted molar refractivity (Wildman–Crippen MR) is 70.8 cm³/mol. The molecule has 98 valence electrons. The Morgan fingerprint density at radius 1 is 1.72 bits per heavy atom. The summed E-state index contributed by atoms with van der Waals surface area (Å²) in [5.74, 6) is -0.145. The summed E-state index contributed by atoms with van der Waals surface area (Å²) in [6.07, 6.45) is 3.44. The third-order valence-electron chi connectivity index (χ3n) is 2.88. The number of likely N-dealkylation sites (tertiary alicyclic amines) is 1. The maximum absolute atomic E-state index is 12.1. The second-order valence-electron chi connectivity index (χ2n) is 4.07. The first-order valence-corrected chi connectivity index (χ1v) is 7.03. The van der Waals surface area contributed by atoms with Gasteiger partial charge in [-0.05, 0) is 12.8 Å². The summed E-state index contributed by atoms with van der Waals surface area (Å²) in [4.78, 5) is 29.4. The monoisotopic (exact) mass is 287 g/mol. The molecule has 0 spiro atoms. The standard InChI is InChI=1S/C11H14ClN3O2S/c1-2-7(15-5-3-4-9(15)16)10(17)14-11-13-6-8(12)18-11/h6-7H,2-5H2,1H3,(H,13,14,17)/t7-/m0/s1. The SMILES string of the molecule is CC[C@@H](C(=O)Nc1ncc(Cl)s1)N1CCCC1=O. The Labute approximate surface area is 114 Å². The van der Waals surface area contributed by atoms with Crippen molar-refractivity contribution >= 4 is 39.9 Å². The molecule has 0 aromatic carbocycles. The first kappa shape index (κ1) is 13.3. The third-order valence-corrected chi connectivity index (χ3v) is 3.91. The van der Waals surface area contributed by atoms with E-state index in [0.717, 1.165) is 6.42 Å². The molecule has 1 saturated heterocycles. The molecule has 0 saturated carbocycles. The molecule has 0 bridgehead atoms. The van der Waals surface area contributed by atoms with E-state index in [1.165, 1.54) is 17.5 Å². The van der Waals surface area contributed by atoms with Crippen LogP contribution in [0.3, 0.4) is 0 Å². The molecule has 1 atom stereocenters. The van der Waals surface area contributed by atoms with Crippen LogP contribution in [0.5, 0.6) is 0 Å². The van der Waals surface area contributed by atoms with Gasteiger partial charge in [-0.2, -0.15) is 0 Å². The van der Waals surface area contributed by atoms with E-state index in [-0.39, 0.29) is 11.8 Å². The van der Waals surface area contributed by atoms with Crippen LogP contribution in [0, 0.1) is 0 Å². The molecule has 2 rings (SSSR count). The van der Waals surface area contributed by atoms with Gasteiger partial charge >= 0.3 is 0 Å². The van der Waals surface area contributed by atoms with E-state index in [0.29, 0.717) is 28.9 Å². The van der Waals surface area contributed by atoms with Crippen molar-refractivity contribution in [2.75, 3.05) is 11.9 Å². The topological polar surface area (TPSA) is 62.3 Å². The quantitative estimate of drug-likeness (QED) is 0.923. The number of anilines is 1. The van der Waals surface area contributed by atoms with Crippen LogP contribution in [0.1, 0.15) is 26.2 Å². The van der Waals surface area contributed by atoms with E-state index < -0.39 is 6.04 Å². The van der Waals surface area contributed by atoms with Crippen molar-refractivity contribution in [3.8, 4) is 0 Å². The van der Waals surface area contributed by atoms with Crippen LogP contribution in [0.2, 0.25) is 4.34 Å². The van der Waals surface area contributed by atoms with Crippen LogP contribution in [-0.2, 0) is 9.59 Å². The Morgan fingerprint density at radius 2 is 2.50 bits per heavy atom. The van der Waals surface area contributed by atoms with Gasteiger partial charge in [0.15, 0.2) is 5.13 Å². The van der Waals surface area contributed by atoms with Crippen LogP contribution in [0.4, 0.5) is 5.13 Å². The van der Waals surface area contributed by atoms with Gasteiger partial charge in [-0.15, -0.1) is 0 Å². The van der Waals surface area contributed by atoms with Crippen molar-refractivity contribution in [2.24, 2.45) is 0 Å². The lowest BCUT2D eigenvalue weighted by Gasteiger charge is -2.25. The molecule has 1 aromatic rings. The zero-order valence-electron chi connectivity index (χ0n) is 9.98. The Kier molecular flexibility index (Phi) is 4.19. The van der Waals surface area contributed by atoms with Crippen LogP contribution in [-0.4, -0.2) is 34.3 Å². The third kappa shape index (κ3) is 2.81. The maximum atomic E-state index is 12.1. The normalized spacial score (nSPS) is 17.0. The molecular weight excluding hydrogens is 274 g/mol. The highest BCUT2D eigenvalue weighted by Gasteiger charge is 2.31. The lowest BCUT2D eigenvalue weighted by molar-refractivity contribution is -0.135. The van der Waals surface area contributed by atoms with Gasteiger partial charge in [-0.3, -0.25) is 9.59 Å². The van der Waals surface area contributed by atoms with Crippen molar-refractivity contribution in [1.82, 2.24) is 9.88 Å². The van der Waals surface area contributed by atoms with Crippen LogP contribution < -0.4 is 5.32 Å². The van der Waals surface area contributed by atoms with Gasteiger partial charge < -0.3 is 10.2 Å². The molecule has 1 fully saturated rings. The van der Waals surface area contributed by atoms with Crippen molar-refractivity contribution in [1.29, 1.82) is 0 Å². The van der Waals surface area contributed by atoms with Gasteiger partial charge in [0.05, 0.1) is 6.20 Å². The van der Waals surface area contributed by atoms with Crippen molar-refractivity contribution < 1.29 is 9.59 Å². The lowest BCUT2D eigenvalue weighted by atomic mass is 10.2. The number of carbonyl (C=O) groups is 2. The maximum Gasteiger partial charge on any atom is 0.248 e. The number of halogens is 1. The van der Waals surface area contributed by atoms with E-state index >= 15 is 0 Å². The van der Waals surface area contributed by atoms with Gasteiger partial charge in [-0.1, -0.05) is 29.9 Å². The molecule has 5 nitrogen and oxygen atoms in total. The molecule has 2 heterocycles. The summed E-state index contributed by atoms with van der Waals surface area (Å²) < 4.78 is 0.524. The Balaban J connectivity index is 2.03. The molecule has 7 heteroatoms. The predicted octanol–water partition coefficient (Wildman–Crippen LogP) is 2.14. The first-order chi connectivity index (χ1) is 8.61. The highest BCUT2D eigenvalue weighted by atomic mass is 35.5. The lowest BCUT2D eigenvalue weighted by Crippen LogP contribution is -2.44. The van der Waals surface area contributed by atoms with E-state index in [9.17, 15) is 9.59 Å². The highest BCUT2D eigenvalue weighted by molar-refractivity contribution is 7.19. The number of hydrogen-bond donors (Lipinski definition) is 1. The second-order valence-corrected chi connectivity index (χ2v) is 5.74. The molecule has 2 amide bonds. The zero-order valence-corrected chi connectivity index (χ0v) is 11.6. The summed E-state index contributed by atoms with van der Waals surface area (Å²) >= 11 is 6.95. The van der Waals surface area contributed by atoms with Gasteiger partial charge in [-0.25, -0.2) is 4.98 Å². The Bertz CT molecular complexity index is 463. The minimum absolute atomic E-state index is 0.0502. The molecule has 1 aliphatic heterocycles. The molecular formula is C11H14ClN3O2S. The van der Waals surface area contributed by atoms with Crippen molar-refractivity contribution in [3.05, 3.63) is 10.5 Å². The van der Waals surface area contributed by atoms with Gasteiger partial charge in [0.1, 0.15) is 10.4 Å². The second kappa shape index (κ2) is 5.67. The van der Waals surface area contributed by atoms with Gasteiger partial charge in [0, 0.05) is 13.0 Å². The fourth-order valence-electron chi connectivity index (χ4n) is 2.05. The van der Waals surface area contributed by atoms with Crippen LogP contribution in [0.25, 0.3) is 0 Å². The number of hydrogen-bond acceptors (Lipinski definition) is 4. The highest BCUT2D eigenvalue weighted by Crippen LogP contribution is 2.23. The molecule has 0 aliphatic carbocycles. The average molecular weight is 288 g/mol. The molecule has 1 aromatic heterocycles. The molecule has 0 unspecified atom stereocenters. The van der Waals surface area contributed by atoms with E-state index in [1.54, 1.807) is 4.90 Å². The Morgan fingerprint density at radius 3 is 3.00 bits per heavy atom. The van der Waals surface area contributed by atoms with E-state index in [4.69, 9.17) is 11.6 Å². The first-order valence-electron chi connectivity index (χ1n) is 5.83. The number of carbonyl (C=O) groups excluding carboxylic acids is 2. The number of amides is 2. The average Bonchev–Trinajstić information content (AvgIpc) is 2.90. The largest absolute Gasteiger partial charge is 0.331 e. The number of thiazole rings is 1. The van der Waals surface area contributed by atoms with Crippen LogP contribution >= 0.6 is 22.9 Å².